The Morgan fingerprint density at radius 1 is 1.25 bits per heavy atom. The highest BCUT2D eigenvalue weighted by Crippen LogP contribution is 2.31. The predicted molar refractivity (Wildman–Crippen MR) is 71.8 cm³/mol. The summed E-state index contributed by atoms with van der Waals surface area (Å²) >= 11 is 1.70. The minimum atomic E-state index is -0.348. The molecule has 0 spiro atoms. The summed E-state index contributed by atoms with van der Waals surface area (Å²) in [5.41, 5.74) is -0.386. The van der Waals surface area contributed by atoms with E-state index in [4.69, 9.17) is 4.74 Å². The number of hydrogen-bond acceptors (Lipinski definition) is 3. The van der Waals surface area contributed by atoms with Gasteiger partial charge in [-0.25, -0.2) is 0 Å². The predicted octanol–water partition coefficient (Wildman–Crippen LogP) is 3.74. The van der Waals surface area contributed by atoms with Gasteiger partial charge < -0.3 is 4.74 Å². The monoisotopic (exact) mass is 246 g/mol. The molecule has 0 fully saturated rings. The van der Waals surface area contributed by atoms with E-state index in [1.165, 1.54) is 0 Å². The van der Waals surface area contributed by atoms with E-state index in [0.29, 0.717) is 0 Å². The van der Waals surface area contributed by atoms with Gasteiger partial charge in [0.15, 0.2) is 0 Å². The van der Waals surface area contributed by atoms with Gasteiger partial charge in [-0.15, -0.1) is 0 Å². The summed E-state index contributed by atoms with van der Waals surface area (Å²) in [5, 5.41) is 0. The van der Waals surface area contributed by atoms with Crippen LogP contribution in [0.25, 0.3) is 0 Å². The van der Waals surface area contributed by atoms with Crippen molar-refractivity contribution in [3.8, 4) is 0 Å². The molecule has 3 heteroatoms. The normalized spacial score (nSPS) is 14.7. The first-order valence-corrected chi connectivity index (χ1v) is 7.25. The second kappa shape index (κ2) is 5.95. The van der Waals surface area contributed by atoms with Crippen LogP contribution in [-0.2, 0) is 9.53 Å². The van der Waals surface area contributed by atoms with E-state index < -0.39 is 0 Å². The number of ether oxygens (including phenoxy) is 1. The fourth-order valence-corrected chi connectivity index (χ4v) is 2.22. The van der Waals surface area contributed by atoms with Crippen molar-refractivity contribution in [2.75, 3.05) is 12.0 Å². The van der Waals surface area contributed by atoms with Crippen molar-refractivity contribution < 1.29 is 9.53 Å². The average molecular weight is 246 g/mol. The minimum Gasteiger partial charge on any atom is -0.459 e. The van der Waals surface area contributed by atoms with Gasteiger partial charge in [0.1, 0.15) is 5.60 Å². The standard InChI is InChI=1S/C13H26O2S/c1-8-13(5,6)15-11(14)10(9-16-7)12(2,3)4/h10H,8-9H2,1-7H3. The molecule has 0 rings (SSSR count). The maximum Gasteiger partial charge on any atom is 0.310 e. The molecule has 0 saturated heterocycles. The first kappa shape index (κ1) is 15.8. The van der Waals surface area contributed by atoms with E-state index in [-0.39, 0.29) is 22.9 Å². The maximum absolute atomic E-state index is 12.1. The Labute approximate surface area is 105 Å². The molecule has 16 heavy (non-hydrogen) atoms. The van der Waals surface area contributed by atoms with Crippen molar-refractivity contribution >= 4 is 17.7 Å². The number of carbonyl (C=O) groups is 1. The number of hydrogen-bond donors (Lipinski definition) is 0. The lowest BCUT2D eigenvalue weighted by atomic mass is 9.82. The van der Waals surface area contributed by atoms with Crippen LogP contribution in [0.2, 0.25) is 0 Å². The van der Waals surface area contributed by atoms with Gasteiger partial charge in [0.05, 0.1) is 5.92 Å². The third-order valence-electron chi connectivity index (χ3n) is 2.89. The highest BCUT2D eigenvalue weighted by Gasteiger charge is 2.34. The van der Waals surface area contributed by atoms with Crippen LogP contribution in [0.4, 0.5) is 0 Å². The molecule has 96 valence electrons. The Hall–Kier alpha value is -0.180. The second-order valence-corrected chi connectivity index (χ2v) is 6.82. The molecule has 0 amide bonds. The molecule has 0 N–H and O–H groups in total. The van der Waals surface area contributed by atoms with Crippen molar-refractivity contribution in [3.63, 3.8) is 0 Å². The SMILES string of the molecule is CCC(C)(C)OC(=O)C(CSC)C(C)(C)C. The smallest absolute Gasteiger partial charge is 0.310 e. The van der Waals surface area contributed by atoms with Crippen LogP contribution in [0.3, 0.4) is 0 Å². The van der Waals surface area contributed by atoms with Gasteiger partial charge in [-0.2, -0.15) is 11.8 Å². The van der Waals surface area contributed by atoms with Crippen LogP contribution >= 0.6 is 11.8 Å². The molecular weight excluding hydrogens is 220 g/mol. The maximum atomic E-state index is 12.1. The van der Waals surface area contributed by atoms with E-state index in [0.717, 1.165) is 12.2 Å². The lowest BCUT2D eigenvalue weighted by Crippen LogP contribution is -2.37. The van der Waals surface area contributed by atoms with Crippen molar-refractivity contribution in [1.82, 2.24) is 0 Å². The van der Waals surface area contributed by atoms with Gasteiger partial charge >= 0.3 is 5.97 Å². The second-order valence-electron chi connectivity index (χ2n) is 5.91. The largest absolute Gasteiger partial charge is 0.459 e. The van der Waals surface area contributed by atoms with E-state index in [1.54, 1.807) is 11.8 Å². The third-order valence-corrected chi connectivity index (χ3v) is 3.56. The van der Waals surface area contributed by atoms with Crippen LogP contribution in [0, 0.1) is 11.3 Å². The Kier molecular flexibility index (Phi) is 5.88. The summed E-state index contributed by atoms with van der Waals surface area (Å²) in [4.78, 5) is 12.1. The molecule has 0 aliphatic heterocycles. The highest BCUT2D eigenvalue weighted by molar-refractivity contribution is 7.98. The molecular formula is C13H26O2S. The summed E-state index contributed by atoms with van der Waals surface area (Å²) in [7, 11) is 0. The molecule has 0 saturated carbocycles. The topological polar surface area (TPSA) is 26.3 Å². The van der Waals surface area contributed by atoms with E-state index >= 15 is 0 Å². The quantitative estimate of drug-likeness (QED) is 0.691. The van der Waals surface area contributed by atoms with Crippen molar-refractivity contribution in [2.24, 2.45) is 11.3 Å². The average Bonchev–Trinajstić information content (AvgIpc) is 2.11. The zero-order chi connectivity index (χ0) is 13.0. The van der Waals surface area contributed by atoms with E-state index in [2.05, 4.69) is 20.8 Å². The van der Waals surface area contributed by atoms with Crippen LogP contribution in [0.1, 0.15) is 48.0 Å². The van der Waals surface area contributed by atoms with Crippen LogP contribution in [0.5, 0.6) is 0 Å². The summed E-state index contributed by atoms with van der Waals surface area (Å²) in [6.07, 6.45) is 2.87. The number of carbonyl (C=O) groups excluding carboxylic acids is 1. The molecule has 0 heterocycles. The minimum absolute atomic E-state index is 0.0340. The molecule has 0 aromatic heterocycles. The van der Waals surface area contributed by atoms with Gasteiger partial charge in [-0.1, -0.05) is 27.7 Å². The van der Waals surface area contributed by atoms with Gasteiger partial charge in [-0.3, -0.25) is 4.79 Å². The summed E-state index contributed by atoms with van der Waals surface area (Å²) in [6, 6.07) is 0. The van der Waals surface area contributed by atoms with Gasteiger partial charge in [0.2, 0.25) is 0 Å². The lowest BCUT2D eigenvalue weighted by molar-refractivity contribution is -0.164. The zero-order valence-corrected chi connectivity index (χ0v) is 12.5. The summed E-state index contributed by atoms with van der Waals surface area (Å²) in [5.74, 6) is 0.726. The van der Waals surface area contributed by atoms with Crippen LogP contribution in [0.15, 0.2) is 0 Å². The fraction of sp³-hybridized carbons (Fsp3) is 0.923. The summed E-state index contributed by atoms with van der Waals surface area (Å²) in [6.45, 7) is 12.2. The Morgan fingerprint density at radius 2 is 1.75 bits per heavy atom. The fourth-order valence-electron chi connectivity index (χ4n) is 1.25. The highest BCUT2D eigenvalue weighted by atomic mass is 32.2. The van der Waals surface area contributed by atoms with Gasteiger partial charge in [0.25, 0.3) is 0 Å². The van der Waals surface area contributed by atoms with E-state index in [9.17, 15) is 4.79 Å². The molecule has 0 aromatic rings. The first-order chi connectivity index (χ1) is 7.14. The Balaban J connectivity index is 4.64. The van der Waals surface area contributed by atoms with Crippen molar-refractivity contribution in [2.45, 2.75) is 53.6 Å². The van der Waals surface area contributed by atoms with E-state index in [1.807, 2.05) is 27.0 Å². The molecule has 0 bridgehead atoms. The molecule has 0 aromatic carbocycles. The van der Waals surface area contributed by atoms with Gasteiger partial charge in [-0.05, 0) is 31.9 Å². The Bertz CT molecular complexity index is 229. The van der Waals surface area contributed by atoms with Crippen LogP contribution < -0.4 is 0 Å². The molecule has 1 atom stereocenters. The van der Waals surface area contributed by atoms with Gasteiger partial charge in [0, 0.05) is 5.75 Å². The number of rotatable bonds is 5. The molecule has 0 aliphatic carbocycles. The van der Waals surface area contributed by atoms with Crippen molar-refractivity contribution in [3.05, 3.63) is 0 Å². The number of esters is 1. The lowest BCUT2D eigenvalue weighted by Gasteiger charge is -2.32. The van der Waals surface area contributed by atoms with Crippen LogP contribution in [-0.4, -0.2) is 23.6 Å². The molecule has 2 nitrogen and oxygen atoms in total. The molecule has 0 radical (unpaired) electrons. The summed E-state index contributed by atoms with van der Waals surface area (Å²) < 4.78 is 5.58. The zero-order valence-electron chi connectivity index (χ0n) is 11.7. The Morgan fingerprint density at radius 3 is 2.06 bits per heavy atom. The molecule has 1 unspecified atom stereocenters. The number of thioether (sulfide) groups is 1. The van der Waals surface area contributed by atoms with Crippen molar-refractivity contribution in [1.29, 1.82) is 0 Å². The first-order valence-electron chi connectivity index (χ1n) is 5.86. The molecule has 0 aliphatic rings. The third kappa shape index (κ3) is 5.24.